The summed E-state index contributed by atoms with van der Waals surface area (Å²) >= 11 is 3.35. The lowest BCUT2D eigenvalue weighted by molar-refractivity contribution is 0.0746. The molecule has 100 valence electrons. The summed E-state index contributed by atoms with van der Waals surface area (Å²) in [6, 6.07) is 5.21. The third-order valence-electron chi connectivity index (χ3n) is 2.25. The average Bonchev–Trinajstić information content (AvgIpc) is 2.34. The summed E-state index contributed by atoms with van der Waals surface area (Å²) in [6.07, 6.45) is 0.178. The largest absolute Gasteiger partial charge is 0.496 e. The van der Waals surface area contributed by atoms with Crippen molar-refractivity contribution in [2.45, 2.75) is 20.0 Å². The lowest BCUT2D eigenvalue weighted by atomic mass is 10.2. The topological polar surface area (TPSA) is 47.6 Å². The van der Waals surface area contributed by atoms with Crippen LogP contribution in [0.15, 0.2) is 22.7 Å². The van der Waals surface area contributed by atoms with Gasteiger partial charge in [-0.05, 0) is 48.0 Å². The SMILES string of the molecule is COc1ccc(C(=O)NCCOC(C)C)cc1Br. The van der Waals surface area contributed by atoms with Crippen molar-refractivity contribution in [3.8, 4) is 5.75 Å². The second kappa shape index (κ2) is 7.38. The summed E-state index contributed by atoms with van der Waals surface area (Å²) in [5.41, 5.74) is 0.590. The molecule has 0 bridgehead atoms. The van der Waals surface area contributed by atoms with Crippen LogP contribution in [0.5, 0.6) is 5.75 Å². The molecule has 5 heteroatoms. The smallest absolute Gasteiger partial charge is 0.251 e. The first-order chi connectivity index (χ1) is 8.54. The minimum atomic E-state index is -0.120. The quantitative estimate of drug-likeness (QED) is 0.821. The van der Waals surface area contributed by atoms with Crippen molar-refractivity contribution >= 4 is 21.8 Å². The highest BCUT2D eigenvalue weighted by Gasteiger charge is 2.08. The maximum Gasteiger partial charge on any atom is 0.251 e. The van der Waals surface area contributed by atoms with Gasteiger partial charge in [0.15, 0.2) is 0 Å². The number of nitrogens with one attached hydrogen (secondary N) is 1. The van der Waals surface area contributed by atoms with Crippen LogP contribution in [0.25, 0.3) is 0 Å². The fourth-order valence-corrected chi connectivity index (χ4v) is 1.91. The number of hydrogen-bond donors (Lipinski definition) is 1. The summed E-state index contributed by atoms with van der Waals surface area (Å²) in [4.78, 5) is 11.8. The van der Waals surface area contributed by atoms with Crippen molar-refractivity contribution in [2.24, 2.45) is 0 Å². The Morgan fingerprint density at radius 3 is 2.72 bits per heavy atom. The molecule has 1 amide bonds. The number of carbonyl (C=O) groups excluding carboxylic acids is 1. The summed E-state index contributed by atoms with van der Waals surface area (Å²) in [5, 5.41) is 2.79. The van der Waals surface area contributed by atoms with Gasteiger partial charge in [0.1, 0.15) is 5.75 Å². The van der Waals surface area contributed by atoms with E-state index in [2.05, 4.69) is 21.2 Å². The molecule has 0 aliphatic heterocycles. The predicted octanol–water partition coefficient (Wildman–Crippen LogP) is 2.61. The Kier molecular flexibility index (Phi) is 6.15. The number of amides is 1. The number of rotatable bonds is 6. The van der Waals surface area contributed by atoms with Crippen LogP contribution in [0, 0.1) is 0 Å². The Labute approximate surface area is 116 Å². The number of carbonyl (C=O) groups is 1. The molecule has 0 fully saturated rings. The van der Waals surface area contributed by atoms with Gasteiger partial charge in [0.2, 0.25) is 0 Å². The molecule has 1 N–H and O–H groups in total. The fourth-order valence-electron chi connectivity index (χ4n) is 1.37. The Hall–Kier alpha value is -1.07. The molecule has 1 rings (SSSR count). The van der Waals surface area contributed by atoms with E-state index in [0.717, 1.165) is 4.47 Å². The molecule has 0 heterocycles. The zero-order valence-corrected chi connectivity index (χ0v) is 12.4. The molecular formula is C13H18BrNO3. The Morgan fingerprint density at radius 1 is 1.44 bits per heavy atom. The molecule has 1 aromatic carbocycles. The van der Waals surface area contributed by atoms with Crippen LogP contribution in [-0.2, 0) is 4.74 Å². The Morgan fingerprint density at radius 2 is 2.17 bits per heavy atom. The van der Waals surface area contributed by atoms with Gasteiger partial charge >= 0.3 is 0 Å². The van der Waals surface area contributed by atoms with E-state index in [1.807, 2.05) is 13.8 Å². The highest BCUT2D eigenvalue weighted by molar-refractivity contribution is 9.10. The van der Waals surface area contributed by atoms with Gasteiger partial charge < -0.3 is 14.8 Å². The maximum atomic E-state index is 11.8. The van der Waals surface area contributed by atoms with Crippen LogP contribution in [0.3, 0.4) is 0 Å². The van der Waals surface area contributed by atoms with E-state index < -0.39 is 0 Å². The number of benzene rings is 1. The second-order valence-electron chi connectivity index (χ2n) is 4.02. The van der Waals surface area contributed by atoms with Crippen molar-refractivity contribution in [3.63, 3.8) is 0 Å². The first kappa shape index (κ1) is 15.0. The lowest BCUT2D eigenvalue weighted by Gasteiger charge is -2.09. The molecule has 0 unspecified atom stereocenters. The van der Waals surface area contributed by atoms with E-state index in [0.29, 0.717) is 24.5 Å². The lowest BCUT2D eigenvalue weighted by Crippen LogP contribution is -2.28. The first-order valence-corrected chi connectivity index (χ1v) is 6.57. The third-order valence-corrected chi connectivity index (χ3v) is 2.87. The molecule has 0 aromatic heterocycles. The van der Waals surface area contributed by atoms with Gasteiger partial charge in [-0.15, -0.1) is 0 Å². The molecule has 18 heavy (non-hydrogen) atoms. The van der Waals surface area contributed by atoms with Gasteiger partial charge in [-0.1, -0.05) is 0 Å². The molecule has 0 aliphatic carbocycles. The number of halogens is 1. The Balaban J connectivity index is 2.49. The standard InChI is InChI=1S/C13H18BrNO3/c1-9(2)18-7-6-15-13(16)10-4-5-12(17-3)11(14)8-10/h4-5,8-9H,6-7H2,1-3H3,(H,15,16). The van der Waals surface area contributed by atoms with Crippen LogP contribution in [0.4, 0.5) is 0 Å². The van der Waals surface area contributed by atoms with E-state index in [4.69, 9.17) is 9.47 Å². The number of hydrogen-bond acceptors (Lipinski definition) is 3. The maximum absolute atomic E-state index is 11.8. The van der Waals surface area contributed by atoms with Crippen molar-refractivity contribution in [1.82, 2.24) is 5.32 Å². The highest BCUT2D eigenvalue weighted by atomic mass is 79.9. The van der Waals surface area contributed by atoms with E-state index in [1.54, 1.807) is 25.3 Å². The average molecular weight is 316 g/mol. The van der Waals surface area contributed by atoms with Crippen molar-refractivity contribution in [2.75, 3.05) is 20.3 Å². The fraction of sp³-hybridized carbons (Fsp3) is 0.462. The molecule has 1 aromatic rings. The Bertz CT molecular complexity index is 407. The zero-order valence-electron chi connectivity index (χ0n) is 10.8. The van der Waals surface area contributed by atoms with Gasteiger partial charge in [0, 0.05) is 12.1 Å². The second-order valence-corrected chi connectivity index (χ2v) is 4.88. The molecule has 0 spiro atoms. The van der Waals surface area contributed by atoms with Crippen LogP contribution >= 0.6 is 15.9 Å². The zero-order chi connectivity index (χ0) is 13.5. The van der Waals surface area contributed by atoms with Crippen molar-refractivity contribution < 1.29 is 14.3 Å². The van der Waals surface area contributed by atoms with Crippen molar-refractivity contribution in [1.29, 1.82) is 0 Å². The number of methoxy groups -OCH3 is 1. The third kappa shape index (κ3) is 4.66. The molecule has 0 aliphatic rings. The number of ether oxygens (including phenoxy) is 2. The van der Waals surface area contributed by atoms with E-state index in [1.165, 1.54) is 0 Å². The van der Waals surface area contributed by atoms with Crippen molar-refractivity contribution in [3.05, 3.63) is 28.2 Å². The van der Waals surface area contributed by atoms with Crippen LogP contribution < -0.4 is 10.1 Å². The summed E-state index contributed by atoms with van der Waals surface area (Å²) < 4.78 is 11.2. The monoisotopic (exact) mass is 315 g/mol. The summed E-state index contributed by atoms with van der Waals surface area (Å²) in [7, 11) is 1.59. The van der Waals surface area contributed by atoms with Crippen LogP contribution in [0.2, 0.25) is 0 Å². The van der Waals surface area contributed by atoms with Gasteiger partial charge in [0.25, 0.3) is 5.91 Å². The first-order valence-electron chi connectivity index (χ1n) is 5.78. The van der Waals surface area contributed by atoms with Gasteiger partial charge in [0.05, 0.1) is 24.3 Å². The van der Waals surface area contributed by atoms with E-state index in [-0.39, 0.29) is 12.0 Å². The summed E-state index contributed by atoms with van der Waals surface area (Å²) in [5.74, 6) is 0.584. The molecule has 0 radical (unpaired) electrons. The molecule has 4 nitrogen and oxygen atoms in total. The molecular weight excluding hydrogens is 298 g/mol. The molecule has 0 saturated carbocycles. The van der Waals surface area contributed by atoms with Gasteiger partial charge in [-0.2, -0.15) is 0 Å². The van der Waals surface area contributed by atoms with E-state index in [9.17, 15) is 4.79 Å². The highest BCUT2D eigenvalue weighted by Crippen LogP contribution is 2.25. The molecule has 0 atom stereocenters. The van der Waals surface area contributed by atoms with Gasteiger partial charge in [-0.3, -0.25) is 4.79 Å². The van der Waals surface area contributed by atoms with Gasteiger partial charge in [-0.25, -0.2) is 0 Å². The normalized spacial score (nSPS) is 10.5. The summed E-state index contributed by atoms with van der Waals surface area (Å²) in [6.45, 7) is 4.94. The predicted molar refractivity (Wildman–Crippen MR) is 74.1 cm³/mol. The van der Waals surface area contributed by atoms with E-state index >= 15 is 0 Å². The minimum Gasteiger partial charge on any atom is -0.496 e. The molecule has 0 saturated heterocycles. The minimum absolute atomic E-state index is 0.120. The van der Waals surface area contributed by atoms with Crippen LogP contribution in [0.1, 0.15) is 24.2 Å². The van der Waals surface area contributed by atoms with Crippen LogP contribution in [-0.4, -0.2) is 32.3 Å².